The third-order valence-electron chi connectivity index (χ3n) is 2.70. The normalized spacial score (nSPS) is 10.2. The summed E-state index contributed by atoms with van der Waals surface area (Å²) in [4.78, 5) is 13.0. The summed E-state index contributed by atoms with van der Waals surface area (Å²) in [5, 5.41) is 6.02. The molecule has 0 aromatic heterocycles. The smallest absolute Gasteiger partial charge is 0.234 e. The molecule has 2 aromatic carbocycles. The van der Waals surface area contributed by atoms with Crippen molar-refractivity contribution in [2.24, 2.45) is 0 Å². The molecule has 0 aliphatic rings. The number of thioether (sulfide) groups is 1. The first-order chi connectivity index (χ1) is 9.78. The highest BCUT2D eigenvalue weighted by Gasteiger charge is 2.04. The molecule has 0 atom stereocenters. The zero-order chi connectivity index (χ0) is 14.2. The minimum atomic E-state index is 0.0143. The number of nitrogens with one attached hydrogen (secondary N) is 2. The summed E-state index contributed by atoms with van der Waals surface area (Å²) in [5.41, 5.74) is 2.00. The van der Waals surface area contributed by atoms with Crippen molar-refractivity contribution < 1.29 is 4.79 Å². The average molecular weight is 286 g/mol. The van der Waals surface area contributed by atoms with Gasteiger partial charge in [0.05, 0.1) is 5.75 Å². The first-order valence-electron chi connectivity index (χ1n) is 6.49. The van der Waals surface area contributed by atoms with Gasteiger partial charge in [0, 0.05) is 17.1 Å². The second-order valence-corrected chi connectivity index (χ2v) is 5.43. The Morgan fingerprint density at radius 3 is 2.65 bits per heavy atom. The van der Waals surface area contributed by atoms with Gasteiger partial charge in [-0.15, -0.1) is 11.8 Å². The first kappa shape index (κ1) is 14.6. The molecule has 2 rings (SSSR count). The molecular formula is C16H18N2OS. The van der Waals surface area contributed by atoms with Crippen LogP contribution in [0.5, 0.6) is 0 Å². The lowest BCUT2D eigenvalue weighted by atomic mass is 10.2. The van der Waals surface area contributed by atoms with Crippen LogP contribution >= 0.6 is 11.8 Å². The Bertz CT molecular complexity index is 557. The third-order valence-corrected chi connectivity index (χ3v) is 3.72. The highest BCUT2D eigenvalue weighted by Crippen LogP contribution is 2.17. The number of anilines is 1. The molecule has 0 aliphatic heterocycles. The Morgan fingerprint density at radius 2 is 1.90 bits per heavy atom. The largest absolute Gasteiger partial charge is 0.325 e. The number of hydrogen-bond acceptors (Lipinski definition) is 3. The van der Waals surface area contributed by atoms with Gasteiger partial charge in [-0.1, -0.05) is 30.3 Å². The van der Waals surface area contributed by atoms with Crippen LogP contribution in [0.15, 0.2) is 59.5 Å². The quantitative estimate of drug-likeness (QED) is 0.802. The number of carbonyl (C=O) groups is 1. The molecule has 0 fully saturated rings. The summed E-state index contributed by atoms with van der Waals surface area (Å²) in [7, 11) is 1.90. The van der Waals surface area contributed by atoms with Crippen molar-refractivity contribution in [3.63, 3.8) is 0 Å². The van der Waals surface area contributed by atoms with E-state index in [1.165, 1.54) is 11.8 Å². The van der Waals surface area contributed by atoms with Crippen LogP contribution in [0.2, 0.25) is 0 Å². The monoisotopic (exact) mass is 286 g/mol. The van der Waals surface area contributed by atoms with Crippen molar-refractivity contribution in [1.82, 2.24) is 5.32 Å². The lowest BCUT2D eigenvalue weighted by Crippen LogP contribution is -2.14. The van der Waals surface area contributed by atoms with Crippen LogP contribution in [0.4, 0.5) is 5.69 Å². The van der Waals surface area contributed by atoms with Crippen molar-refractivity contribution in [3.8, 4) is 0 Å². The van der Waals surface area contributed by atoms with Gasteiger partial charge in [-0.3, -0.25) is 4.79 Å². The van der Waals surface area contributed by atoms with Gasteiger partial charge in [0.15, 0.2) is 0 Å². The molecule has 0 saturated carbocycles. The van der Waals surface area contributed by atoms with Crippen LogP contribution in [0, 0.1) is 0 Å². The Hall–Kier alpha value is -1.78. The minimum Gasteiger partial charge on any atom is -0.325 e. The summed E-state index contributed by atoms with van der Waals surface area (Å²) >= 11 is 1.54. The average Bonchev–Trinajstić information content (AvgIpc) is 2.47. The molecule has 0 aliphatic carbocycles. The van der Waals surface area contributed by atoms with E-state index >= 15 is 0 Å². The van der Waals surface area contributed by atoms with Crippen LogP contribution < -0.4 is 10.6 Å². The highest BCUT2D eigenvalue weighted by atomic mass is 32.2. The maximum Gasteiger partial charge on any atom is 0.234 e. The second-order valence-electron chi connectivity index (χ2n) is 4.38. The Balaban J connectivity index is 1.86. The molecule has 4 heteroatoms. The van der Waals surface area contributed by atoms with E-state index in [4.69, 9.17) is 0 Å². The van der Waals surface area contributed by atoms with Gasteiger partial charge in [0.25, 0.3) is 0 Å². The molecule has 0 heterocycles. The zero-order valence-electron chi connectivity index (χ0n) is 11.4. The lowest BCUT2D eigenvalue weighted by molar-refractivity contribution is -0.113. The Labute approximate surface area is 123 Å². The van der Waals surface area contributed by atoms with Gasteiger partial charge in [-0.05, 0) is 36.9 Å². The molecule has 0 bridgehead atoms. The third kappa shape index (κ3) is 4.72. The van der Waals surface area contributed by atoms with E-state index in [1.54, 1.807) is 0 Å². The van der Waals surface area contributed by atoms with Crippen LogP contribution in [-0.4, -0.2) is 18.7 Å². The number of hydrogen-bond donors (Lipinski definition) is 2. The predicted molar refractivity (Wildman–Crippen MR) is 85.0 cm³/mol. The molecule has 1 amide bonds. The van der Waals surface area contributed by atoms with Gasteiger partial charge < -0.3 is 10.6 Å². The Morgan fingerprint density at radius 1 is 1.10 bits per heavy atom. The first-order valence-corrected chi connectivity index (χ1v) is 7.48. The highest BCUT2D eigenvalue weighted by molar-refractivity contribution is 8.00. The van der Waals surface area contributed by atoms with E-state index in [0.29, 0.717) is 5.75 Å². The lowest BCUT2D eigenvalue weighted by Gasteiger charge is -2.07. The molecule has 0 unspecified atom stereocenters. The molecular weight excluding hydrogens is 268 g/mol. The summed E-state index contributed by atoms with van der Waals surface area (Å²) in [6, 6.07) is 17.8. The fourth-order valence-electron chi connectivity index (χ4n) is 1.83. The molecule has 0 saturated heterocycles. The van der Waals surface area contributed by atoms with E-state index < -0.39 is 0 Å². The summed E-state index contributed by atoms with van der Waals surface area (Å²) in [6.45, 7) is 0.794. The molecule has 0 radical (unpaired) electrons. The standard InChI is InChI=1S/C16H18N2OS/c1-17-11-13-6-5-7-14(10-13)18-16(19)12-20-15-8-3-2-4-9-15/h2-10,17H,11-12H2,1H3,(H,18,19). The van der Waals surface area contributed by atoms with Crippen LogP contribution in [0.3, 0.4) is 0 Å². The van der Waals surface area contributed by atoms with E-state index in [1.807, 2.05) is 61.6 Å². The zero-order valence-corrected chi connectivity index (χ0v) is 12.2. The van der Waals surface area contributed by atoms with Crippen molar-refractivity contribution in [2.75, 3.05) is 18.1 Å². The van der Waals surface area contributed by atoms with Crippen molar-refractivity contribution in [2.45, 2.75) is 11.4 Å². The van der Waals surface area contributed by atoms with Crippen LogP contribution in [0.25, 0.3) is 0 Å². The van der Waals surface area contributed by atoms with Gasteiger partial charge in [0.2, 0.25) is 5.91 Å². The number of amides is 1. The number of benzene rings is 2. The molecule has 104 valence electrons. The summed E-state index contributed by atoms with van der Waals surface area (Å²) in [5.74, 6) is 0.431. The SMILES string of the molecule is CNCc1cccc(NC(=O)CSc2ccccc2)c1. The Kier molecular flexibility index (Phi) is 5.65. The minimum absolute atomic E-state index is 0.0143. The van der Waals surface area contributed by atoms with Gasteiger partial charge >= 0.3 is 0 Å². The maximum atomic E-state index is 11.9. The molecule has 0 spiro atoms. The second kappa shape index (κ2) is 7.72. The molecule has 2 aromatic rings. The van der Waals surface area contributed by atoms with E-state index in [-0.39, 0.29) is 5.91 Å². The number of rotatable bonds is 6. The van der Waals surface area contributed by atoms with Gasteiger partial charge in [-0.25, -0.2) is 0 Å². The van der Waals surface area contributed by atoms with Crippen molar-refractivity contribution >= 4 is 23.4 Å². The van der Waals surface area contributed by atoms with E-state index in [0.717, 1.165) is 22.7 Å². The number of carbonyl (C=O) groups excluding carboxylic acids is 1. The maximum absolute atomic E-state index is 11.9. The van der Waals surface area contributed by atoms with Gasteiger partial charge in [-0.2, -0.15) is 0 Å². The molecule has 20 heavy (non-hydrogen) atoms. The molecule has 2 N–H and O–H groups in total. The van der Waals surface area contributed by atoms with Crippen LogP contribution in [-0.2, 0) is 11.3 Å². The van der Waals surface area contributed by atoms with Crippen molar-refractivity contribution in [3.05, 3.63) is 60.2 Å². The van der Waals surface area contributed by atoms with E-state index in [2.05, 4.69) is 10.6 Å². The predicted octanol–water partition coefficient (Wildman–Crippen LogP) is 3.14. The van der Waals surface area contributed by atoms with E-state index in [9.17, 15) is 4.79 Å². The summed E-state index contributed by atoms with van der Waals surface area (Å²) < 4.78 is 0. The van der Waals surface area contributed by atoms with Gasteiger partial charge in [0.1, 0.15) is 0 Å². The summed E-state index contributed by atoms with van der Waals surface area (Å²) in [6.07, 6.45) is 0. The fourth-order valence-corrected chi connectivity index (χ4v) is 2.55. The van der Waals surface area contributed by atoms with Crippen molar-refractivity contribution in [1.29, 1.82) is 0 Å². The van der Waals surface area contributed by atoms with Crippen LogP contribution in [0.1, 0.15) is 5.56 Å². The topological polar surface area (TPSA) is 41.1 Å². The fraction of sp³-hybridized carbons (Fsp3) is 0.188. The molecule has 3 nitrogen and oxygen atoms in total.